The van der Waals surface area contributed by atoms with Gasteiger partial charge in [0.15, 0.2) is 6.19 Å². The summed E-state index contributed by atoms with van der Waals surface area (Å²) in [7, 11) is 2.24. The smallest absolute Gasteiger partial charge is 0.182 e. The predicted octanol–water partition coefficient (Wildman–Crippen LogP) is -0.503. The van der Waals surface area contributed by atoms with Gasteiger partial charge in [-0.1, -0.05) is 29.8 Å². The minimum absolute atomic E-state index is 0. The lowest BCUT2D eigenvalue weighted by molar-refractivity contribution is -0.904. The van der Waals surface area contributed by atoms with Gasteiger partial charge in [0.2, 0.25) is 0 Å². The van der Waals surface area contributed by atoms with Gasteiger partial charge in [0.25, 0.3) is 0 Å². The highest BCUT2D eigenvalue weighted by atomic mass is 127. The first-order valence-electron chi connectivity index (χ1n) is 7.60. The molecule has 0 atom stereocenters. The molecule has 0 saturated heterocycles. The van der Waals surface area contributed by atoms with Crippen LogP contribution >= 0.6 is 0 Å². The number of nitrogens with zero attached hydrogens (tertiary/aromatic N) is 3. The van der Waals surface area contributed by atoms with Gasteiger partial charge in [-0.3, -0.25) is 10.3 Å². The average molecular weight is 414 g/mol. The van der Waals surface area contributed by atoms with Crippen molar-refractivity contribution in [2.75, 3.05) is 33.2 Å². The summed E-state index contributed by atoms with van der Waals surface area (Å²) < 4.78 is 1.01. The third kappa shape index (κ3) is 7.23. The molecular formula is C17H27IN4. The normalized spacial score (nSPS) is 11.5. The molecule has 1 rings (SSSR count). The molecule has 0 aromatic heterocycles. The minimum Gasteiger partial charge on any atom is -1.00 e. The van der Waals surface area contributed by atoms with Crippen LogP contribution in [0.1, 0.15) is 25.0 Å². The quantitative estimate of drug-likeness (QED) is 0.163. The lowest BCUT2D eigenvalue weighted by atomic mass is 10.1. The summed E-state index contributed by atoms with van der Waals surface area (Å²) in [5.41, 5.74) is 2.41. The number of nitrogens with one attached hydrogen (secondary N) is 1. The van der Waals surface area contributed by atoms with E-state index in [0.717, 1.165) is 36.5 Å². The summed E-state index contributed by atoms with van der Waals surface area (Å²) in [6.07, 6.45) is 2.67. The van der Waals surface area contributed by atoms with Crippen LogP contribution in [0.15, 0.2) is 29.3 Å². The fourth-order valence-corrected chi connectivity index (χ4v) is 2.07. The summed E-state index contributed by atoms with van der Waals surface area (Å²) in [5.74, 6) is 0.750. The number of quaternary nitrogens is 1. The SMILES string of the molecule is CC[N+](C)(CC)CCN=C(Cc1ccc(C)cc1)NC#N.[I-]. The van der Waals surface area contributed by atoms with Gasteiger partial charge in [-0.25, -0.2) is 0 Å². The van der Waals surface area contributed by atoms with Crippen molar-refractivity contribution in [1.29, 1.82) is 5.26 Å². The van der Waals surface area contributed by atoms with Gasteiger partial charge in [-0.15, -0.1) is 0 Å². The Morgan fingerprint density at radius 3 is 2.32 bits per heavy atom. The van der Waals surface area contributed by atoms with Crippen LogP contribution < -0.4 is 29.3 Å². The minimum atomic E-state index is 0. The second kappa shape index (κ2) is 10.6. The summed E-state index contributed by atoms with van der Waals surface area (Å²) in [6, 6.07) is 8.34. The fraction of sp³-hybridized carbons (Fsp3) is 0.529. The van der Waals surface area contributed by atoms with Crippen LogP contribution in [0, 0.1) is 18.4 Å². The molecule has 1 N–H and O–H groups in total. The third-order valence-electron chi connectivity index (χ3n) is 4.16. The fourth-order valence-electron chi connectivity index (χ4n) is 2.07. The lowest BCUT2D eigenvalue weighted by Crippen LogP contribution is -3.00. The van der Waals surface area contributed by atoms with Crippen molar-refractivity contribution in [3.8, 4) is 6.19 Å². The molecule has 0 fully saturated rings. The molecule has 0 aliphatic heterocycles. The first kappa shape index (κ1) is 20.9. The van der Waals surface area contributed by atoms with Crippen molar-refractivity contribution in [2.45, 2.75) is 27.2 Å². The molecule has 0 radical (unpaired) electrons. The van der Waals surface area contributed by atoms with Crippen molar-refractivity contribution in [3.63, 3.8) is 0 Å². The maximum atomic E-state index is 8.86. The average Bonchev–Trinajstić information content (AvgIpc) is 2.49. The van der Waals surface area contributed by atoms with E-state index in [1.54, 1.807) is 0 Å². The number of hydrogen-bond acceptors (Lipinski definition) is 2. The summed E-state index contributed by atoms with van der Waals surface area (Å²) in [6.45, 7) is 10.4. The van der Waals surface area contributed by atoms with E-state index in [1.807, 2.05) is 6.19 Å². The third-order valence-corrected chi connectivity index (χ3v) is 4.16. The Morgan fingerprint density at radius 1 is 1.23 bits per heavy atom. The Kier molecular flexibility index (Phi) is 10.0. The molecule has 1 aromatic carbocycles. The standard InChI is InChI=1S/C17H27N4.HI/c1-5-21(4,6-2)12-11-19-17(20-14-18)13-16-9-7-15(3)8-10-16;/h7-10H,5-6,11-13H2,1-4H3,(H,19,20);1H/q+1;/p-1. The number of hydrogen-bond donors (Lipinski definition) is 1. The van der Waals surface area contributed by atoms with Gasteiger partial charge < -0.3 is 28.5 Å². The van der Waals surface area contributed by atoms with Gasteiger partial charge in [-0.05, 0) is 26.3 Å². The highest BCUT2D eigenvalue weighted by Gasteiger charge is 2.15. The van der Waals surface area contributed by atoms with E-state index in [2.05, 4.69) is 62.4 Å². The van der Waals surface area contributed by atoms with Gasteiger partial charge >= 0.3 is 0 Å². The van der Waals surface area contributed by atoms with E-state index in [9.17, 15) is 0 Å². The molecule has 0 saturated carbocycles. The maximum absolute atomic E-state index is 8.86. The van der Waals surface area contributed by atoms with Crippen LogP contribution in [0.25, 0.3) is 0 Å². The Bertz CT molecular complexity index is 498. The molecule has 0 spiro atoms. The number of aryl methyl sites for hydroxylation is 1. The second-order valence-electron chi connectivity index (χ2n) is 5.70. The molecule has 1 aromatic rings. The number of nitriles is 1. The number of likely N-dealkylation sites (N-methyl/N-ethyl adjacent to an activating group) is 1. The Balaban J connectivity index is 0.00000441. The molecular weight excluding hydrogens is 387 g/mol. The molecule has 0 heterocycles. The number of rotatable bonds is 7. The van der Waals surface area contributed by atoms with Crippen LogP contribution in [0.5, 0.6) is 0 Å². The second-order valence-corrected chi connectivity index (χ2v) is 5.70. The lowest BCUT2D eigenvalue weighted by Gasteiger charge is -2.31. The number of halogens is 1. The number of benzene rings is 1. The van der Waals surface area contributed by atoms with Crippen molar-refractivity contribution >= 4 is 5.84 Å². The van der Waals surface area contributed by atoms with E-state index in [4.69, 9.17) is 5.26 Å². The Morgan fingerprint density at radius 2 is 1.82 bits per heavy atom. The van der Waals surface area contributed by atoms with Gasteiger partial charge in [0, 0.05) is 6.42 Å². The first-order chi connectivity index (χ1) is 10.0. The zero-order valence-electron chi connectivity index (χ0n) is 14.1. The molecule has 4 nitrogen and oxygen atoms in total. The summed E-state index contributed by atoms with van der Waals surface area (Å²) in [5, 5.41) is 11.6. The van der Waals surface area contributed by atoms with E-state index < -0.39 is 0 Å². The molecule has 5 heteroatoms. The van der Waals surface area contributed by atoms with Crippen molar-refractivity contribution in [2.24, 2.45) is 4.99 Å². The topological polar surface area (TPSA) is 48.2 Å². The zero-order chi connectivity index (χ0) is 15.7. The van der Waals surface area contributed by atoms with Crippen LogP contribution in [0.4, 0.5) is 0 Å². The van der Waals surface area contributed by atoms with Gasteiger partial charge in [-0.2, -0.15) is 5.26 Å². The monoisotopic (exact) mass is 414 g/mol. The molecule has 0 aliphatic rings. The highest BCUT2D eigenvalue weighted by molar-refractivity contribution is 5.85. The summed E-state index contributed by atoms with van der Waals surface area (Å²) in [4.78, 5) is 4.58. The molecule has 122 valence electrons. The van der Waals surface area contributed by atoms with Crippen molar-refractivity contribution in [3.05, 3.63) is 35.4 Å². The largest absolute Gasteiger partial charge is 1.00 e. The molecule has 0 bridgehead atoms. The molecule has 0 unspecified atom stereocenters. The molecule has 0 aliphatic carbocycles. The van der Waals surface area contributed by atoms with Crippen molar-refractivity contribution in [1.82, 2.24) is 5.32 Å². The van der Waals surface area contributed by atoms with Gasteiger partial charge in [0.05, 0.1) is 33.2 Å². The van der Waals surface area contributed by atoms with Crippen LogP contribution in [-0.4, -0.2) is 43.5 Å². The first-order valence-corrected chi connectivity index (χ1v) is 7.60. The zero-order valence-corrected chi connectivity index (χ0v) is 16.2. The van der Waals surface area contributed by atoms with Crippen LogP contribution in [0.2, 0.25) is 0 Å². The predicted molar refractivity (Wildman–Crippen MR) is 88.1 cm³/mol. The highest BCUT2D eigenvalue weighted by Crippen LogP contribution is 2.05. The Labute approximate surface area is 151 Å². The van der Waals surface area contributed by atoms with E-state index in [-0.39, 0.29) is 24.0 Å². The van der Waals surface area contributed by atoms with Gasteiger partial charge in [0.1, 0.15) is 5.84 Å². The number of amidine groups is 1. The van der Waals surface area contributed by atoms with E-state index >= 15 is 0 Å². The Hall–Kier alpha value is -1.13. The molecule has 0 amide bonds. The van der Waals surface area contributed by atoms with E-state index in [0.29, 0.717) is 6.42 Å². The van der Waals surface area contributed by atoms with Crippen molar-refractivity contribution < 1.29 is 28.5 Å². The van der Waals surface area contributed by atoms with E-state index in [1.165, 1.54) is 11.1 Å². The van der Waals surface area contributed by atoms with Crippen LogP contribution in [0.3, 0.4) is 0 Å². The number of aliphatic imine (C=N–C) groups is 1. The molecule has 22 heavy (non-hydrogen) atoms. The summed E-state index contributed by atoms with van der Waals surface area (Å²) >= 11 is 0. The maximum Gasteiger partial charge on any atom is 0.182 e. The van der Waals surface area contributed by atoms with Crippen LogP contribution in [-0.2, 0) is 6.42 Å².